The zero-order chi connectivity index (χ0) is 12.3. The first-order valence-electron chi connectivity index (χ1n) is 4.24. The summed E-state index contributed by atoms with van der Waals surface area (Å²) in [5.41, 5.74) is -1.09. The standard InChI is InChI=1S/C9H8F3NO3/c1-5(8(14)15)16-7-6(9(10,11)12)3-2-4-13-7/h2-5H,1H3,(H,14,15). The summed E-state index contributed by atoms with van der Waals surface area (Å²) in [7, 11) is 0. The molecule has 0 aliphatic carbocycles. The molecule has 0 aromatic carbocycles. The summed E-state index contributed by atoms with van der Waals surface area (Å²) in [6, 6.07) is 1.87. The Morgan fingerprint density at radius 2 is 2.19 bits per heavy atom. The van der Waals surface area contributed by atoms with Crippen molar-refractivity contribution < 1.29 is 27.8 Å². The molecule has 0 radical (unpaired) electrons. The maximum atomic E-state index is 12.4. The first kappa shape index (κ1) is 12.3. The van der Waals surface area contributed by atoms with E-state index in [2.05, 4.69) is 9.72 Å². The van der Waals surface area contributed by atoms with Gasteiger partial charge in [0, 0.05) is 6.20 Å². The minimum atomic E-state index is -4.62. The SMILES string of the molecule is CC(Oc1ncccc1C(F)(F)F)C(=O)O. The summed E-state index contributed by atoms with van der Waals surface area (Å²) in [5.74, 6) is -2.09. The molecule has 1 heterocycles. The second kappa shape index (κ2) is 4.38. The van der Waals surface area contributed by atoms with Gasteiger partial charge in [-0.25, -0.2) is 9.78 Å². The molecule has 0 spiro atoms. The summed E-state index contributed by atoms with van der Waals surface area (Å²) in [4.78, 5) is 13.8. The fourth-order valence-corrected chi connectivity index (χ4v) is 0.918. The van der Waals surface area contributed by atoms with Crippen molar-refractivity contribution in [3.8, 4) is 5.88 Å². The summed E-state index contributed by atoms with van der Waals surface area (Å²) in [6.45, 7) is 1.12. The van der Waals surface area contributed by atoms with Gasteiger partial charge in [0.1, 0.15) is 5.56 Å². The molecule has 1 aromatic heterocycles. The number of carboxylic acid groups (broad SMARTS) is 1. The summed E-state index contributed by atoms with van der Waals surface area (Å²) in [6.07, 6.45) is -4.92. The van der Waals surface area contributed by atoms with Gasteiger partial charge in [0.2, 0.25) is 5.88 Å². The van der Waals surface area contributed by atoms with Crippen LogP contribution in [0.4, 0.5) is 13.2 Å². The number of rotatable bonds is 3. The predicted octanol–water partition coefficient (Wildman–Crippen LogP) is 1.95. The maximum Gasteiger partial charge on any atom is 0.421 e. The third-order valence-electron chi connectivity index (χ3n) is 1.71. The van der Waals surface area contributed by atoms with Crippen LogP contribution < -0.4 is 4.74 Å². The molecule has 88 valence electrons. The fourth-order valence-electron chi connectivity index (χ4n) is 0.918. The van der Waals surface area contributed by atoms with Crippen LogP contribution in [-0.2, 0) is 11.0 Å². The van der Waals surface area contributed by atoms with Crippen molar-refractivity contribution in [1.29, 1.82) is 0 Å². The second-order valence-electron chi connectivity index (χ2n) is 2.95. The minimum Gasteiger partial charge on any atom is -0.479 e. The van der Waals surface area contributed by atoms with E-state index in [0.717, 1.165) is 25.3 Å². The Morgan fingerprint density at radius 1 is 1.56 bits per heavy atom. The summed E-state index contributed by atoms with van der Waals surface area (Å²) in [5, 5.41) is 8.50. The number of pyridine rings is 1. The van der Waals surface area contributed by atoms with Crippen LogP contribution in [0, 0.1) is 0 Å². The van der Waals surface area contributed by atoms with Gasteiger partial charge < -0.3 is 9.84 Å². The molecule has 1 aromatic rings. The molecule has 7 heteroatoms. The van der Waals surface area contributed by atoms with Crippen molar-refractivity contribution >= 4 is 5.97 Å². The highest BCUT2D eigenvalue weighted by atomic mass is 19.4. The quantitative estimate of drug-likeness (QED) is 0.869. The summed E-state index contributed by atoms with van der Waals surface area (Å²) >= 11 is 0. The van der Waals surface area contributed by atoms with Crippen LogP contribution in [0.15, 0.2) is 18.3 Å². The lowest BCUT2D eigenvalue weighted by Gasteiger charge is -2.14. The number of hydrogen-bond donors (Lipinski definition) is 1. The Morgan fingerprint density at radius 3 is 2.69 bits per heavy atom. The molecule has 0 aliphatic heterocycles. The molecular formula is C9H8F3NO3. The van der Waals surface area contributed by atoms with Gasteiger partial charge in [-0.1, -0.05) is 0 Å². The van der Waals surface area contributed by atoms with Gasteiger partial charge in [0.15, 0.2) is 6.10 Å². The van der Waals surface area contributed by atoms with E-state index in [-0.39, 0.29) is 0 Å². The fraction of sp³-hybridized carbons (Fsp3) is 0.333. The number of ether oxygens (including phenoxy) is 1. The van der Waals surface area contributed by atoms with Gasteiger partial charge in [0.25, 0.3) is 0 Å². The largest absolute Gasteiger partial charge is 0.479 e. The molecule has 0 aliphatic rings. The van der Waals surface area contributed by atoms with Crippen LogP contribution in [0.25, 0.3) is 0 Å². The number of halogens is 3. The van der Waals surface area contributed by atoms with Crippen LogP contribution in [0.2, 0.25) is 0 Å². The topological polar surface area (TPSA) is 59.4 Å². The number of carboxylic acids is 1. The van der Waals surface area contributed by atoms with E-state index in [1.807, 2.05) is 0 Å². The highest BCUT2D eigenvalue weighted by Crippen LogP contribution is 2.34. The Balaban J connectivity index is 3.01. The lowest BCUT2D eigenvalue weighted by Crippen LogP contribution is -2.24. The first-order chi connectivity index (χ1) is 7.32. The first-order valence-corrected chi connectivity index (χ1v) is 4.24. The zero-order valence-corrected chi connectivity index (χ0v) is 8.15. The molecule has 1 unspecified atom stereocenters. The van der Waals surface area contributed by atoms with Gasteiger partial charge in [0.05, 0.1) is 0 Å². The monoisotopic (exact) mass is 235 g/mol. The van der Waals surface area contributed by atoms with Crippen LogP contribution in [0.5, 0.6) is 5.88 Å². The van der Waals surface area contributed by atoms with Crippen molar-refractivity contribution in [3.63, 3.8) is 0 Å². The normalized spacial score (nSPS) is 13.2. The van der Waals surface area contributed by atoms with E-state index >= 15 is 0 Å². The van der Waals surface area contributed by atoms with Crippen molar-refractivity contribution in [3.05, 3.63) is 23.9 Å². The summed E-state index contributed by atoms with van der Waals surface area (Å²) < 4.78 is 41.9. The smallest absolute Gasteiger partial charge is 0.421 e. The average molecular weight is 235 g/mol. The van der Waals surface area contributed by atoms with Crippen LogP contribution in [0.3, 0.4) is 0 Å². The second-order valence-corrected chi connectivity index (χ2v) is 2.95. The van der Waals surface area contributed by atoms with Gasteiger partial charge in [-0.3, -0.25) is 0 Å². The van der Waals surface area contributed by atoms with Gasteiger partial charge in [-0.05, 0) is 19.1 Å². The molecule has 0 fully saturated rings. The Kier molecular flexibility index (Phi) is 3.36. The maximum absolute atomic E-state index is 12.4. The number of nitrogens with zero attached hydrogens (tertiary/aromatic N) is 1. The Labute approximate surface area is 88.7 Å². The van der Waals surface area contributed by atoms with Gasteiger partial charge in [-0.15, -0.1) is 0 Å². The van der Waals surface area contributed by atoms with E-state index in [4.69, 9.17) is 5.11 Å². The number of hydrogen-bond acceptors (Lipinski definition) is 3. The van der Waals surface area contributed by atoms with Crippen molar-refractivity contribution in [1.82, 2.24) is 4.98 Å². The highest BCUT2D eigenvalue weighted by Gasteiger charge is 2.35. The molecule has 4 nitrogen and oxygen atoms in total. The number of aromatic nitrogens is 1. The van der Waals surface area contributed by atoms with E-state index in [1.165, 1.54) is 0 Å². The molecule has 16 heavy (non-hydrogen) atoms. The van der Waals surface area contributed by atoms with Gasteiger partial charge in [-0.2, -0.15) is 13.2 Å². The third-order valence-corrected chi connectivity index (χ3v) is 1.71. The van der Waals surface area contributed by atoms with Crippen LogP contribution in [0.1, 0.15) is 12.5 Å². The lowest BCUT2D eigenvalue weighted by molar-refractivity contribution is -0.147. The number of carbonyl (C=O) groups is 1. The molecular weight excluding hydrogens is 227 g/mol. The number of aliphatic carboxylic acids is 1. The third kappa shape index (κ3) is 2.85. The minimum absolute atomic E-state index is 0.732. The molecule has 0 amide bonds. The zero-order valence-electron chi connectivity index (χ0n) is 8.15. The highest BCUT2D eigenvalue weighted by molar-refractivity contribution is 5.72. The van der Waals surface area contributed by atoms with Crippen LogP contribution >= 0.6 is 0 Å². The van der Waals surface area contributed by atoms with E-state index in [9.17, 15) is 18.0 Å². The Bertz CT molecular complexity index is 392. The van der Waals surface area contributed by atoms with Crippen LogP contribution in [-0.4, -0.2) is 22.2 Å². The van der Waals surface area contributed by atoms with Crippen molar-refractivity contribution in [2.45, 2.75) is 19.2 Å². The van der Waals surface area contributed by atoms with Gasteiger partial charge >= 0.3 is 12.1 Å². The molecule has 0 saturated heterocycles. The molecule has 0 saturated carbocycles. The Hall–Kier alpha value is -1.79. The van der Waals surface area contributed by atoms with E-state index in [0.29, 0.717) is 0 Å². The molecule has 1 N–H and O–H groups in total. The van der Waals surface area contributed by atoms with Crippen molar-refractivity contribution in [2.24, 2.45) is 0 Å². The molecule has 0 bridgehead atoms. The predicted molar refractivity (Wildman–Crippen MR) is 47.0 cm³/mol. The average Bonchev–Trinajstić information content (AvgIpc) is 2.16. The number of alkyl halides is 3. The van der Waals surface area contributed by atoms with E-state index in [1.54, 1.807) is 0 Å². The molecule has 1 rings (SSSR count). The molecule has 1 atom stereocenters. The van der Waals surface area contributed by atoms with Crippen molar-refractivity contribution in [2.75, 3.05) is 0 Å². The lowest BCUT2D eigenvalue weighted by atomic mass is 10.2. The van der Waals surface area contributed by atoms with E-state index < -0.39 is 29.7 Å².